The average molecular weight is 247 g/mol. The van der Waals surface area contributed by atoms with Crippen LogP contribution >= 0.6 is 12.4 Å². The third-order valence-corrected chi connectivity index (χ3v) is 2.71. The second-order valence-corrected chi connectivity index (χ2v) is 4.09. The summed E-state index contributed by atoms with van der Waals surface area (Å²) in [4.78, 5) is 2.05. The third-order valence-electron chi connectivity index (χ3n) is 2.71. The molecule has 0 saturated heterocycles. The van der Waals surface area contributed by atoms with Crippen molar-refractivity contribution in [1.82, 2.24) is 4.90 Å². The van der Waals surface area contributed by atoms with Crippen LogP contribution in [0.25, 0.3) is 0 Å². The Kier molecular flexibility index (Phi) is 6.56. The van der Waals surface area contributed by atoms with Crippen molar-refractivity contribution in [3.05, 3.63) is 35.1 Å². The molecule has 92 valence electrons. The minimum Gasteiger partial charge on any atom is -0.329 e. The van der Waals surface area contributed by atoms with Crippen LogP contribution < -0.4 is 5.73 Å². The van der Waals surface area contributed by atoms with Crippen molar-refractivity contribution in [3.63, 3.8) is 0 Å². The highest BCUT2D eigenvalue weighted by Crippen LogP contribution is 2.12. The lowest BCUT2D eigenvalue weighted by Gasteiger charge is -2.23. The fourth-order valence-electron chi connectivity index (χ4n) is 1.43. The van der Waals surface area contributed by atoms with E-state index in [2.05, 4.69) is 4.90 Å². The Labute approximate surface area is 103 Å². The quantitative estimate of drug-likeness (QED) is 0.884. The minimum absolute atomic E-state index is 0. The highest BCUT2D eigenvalue weighted by Gasteiger charge is 2.10. The van der Waals surface area contributed by atoms with Gasteiger partial charge in [-0.1, -0.05) is 17.7 Å². The largest absolute Gasteiger partial charge is 0.329 e. The highest BCUT2D eigenvalue weighted by atomic mass is 35.5. The molecule has 0 fully saturated rings. The summed E-state index contributed by atoms with van der Waals surface area (Å²) >= 11 is 0. The van der Waals surface area contributed by atoms with Crippen molar-refractivity contribution >= 4 is 12.4 Å². The van der Waals surface area contributed by atoms with Gasteiger partial charge < -0.3 is 5.73 Å². The van der Waals surface area contributed by atoms with Crippen LogP contribution in [-0.4, -0.2) is 24.5 Å². The number of likely N-dealkylation sites (N-methyl/N-ethyl adjacent to an activating group) is 1. The molecule has 4 heteroatoms. The van der Waals surface area contributed by atoms with E-state index in [1.165, 1.54) is 6.07 Å². The van der Waals surface area contributed by atoms with E-state index >= 15 is 0 Å². The Morgan fingerprint density at radius 1 is 1.44 bits per heavy atom. The number of hydrogen-bond acceptors (Lipinski definition) is 2. The van der Waals surface area contributed by atoms with Gasteiger partial charge in [-0.2, -0.15) is 0 Å². The first kappa shape index (κ1) is 15.4. The number of halogens is 2. The molecule has 0 bridgehead atoms. The molecule has 1 aromatic carbocycles. The molecule has 0 amide bonds. The van der Waals surface area contributed by atoms with Gasteiger partial charge in [-0.15, -0.1) is 12.4 Å². The molecular weight excluding hydrogens is 227 g/mol. The van der Waals surface area contributed by atoms with Gasteiger partial charge in [0.05, 0.1) is 0 Å². The van der Waals surface area contributed by atoms with E-state index in [4.69, 9.17) is 5.73 Å². The molecule has 0 aliphatic heterocycles. The van der Waals surface area contributed by atoms with E-state index in [-0.39, 0.29) is 24.3 Å². The van der Waals surface area contributed by atoms with Crippen LogP contribution in [0.4, 0.5) is 4.39 Å². The number of aryl methyl sites for hydroxylation is 1. The number of rotatable bonds is 4. The molecule has 0 radical (unpaired) electrons. The van der Waals surface area contributed by atoms with Crippen molar-refractivity contribution < 1.29 is 4.39 Å². The van der Waals surface area contributed by atoms with Crippen LogP contribution in [0.15, 0.2) is 18.2 Å². The van der Waals surface area contributed by atoms with Gasteiger partial charge in [-0.25, -0.2) is 4.39 Å². The van der Waals surface area contributed by atoms with Crippen LogP contribution in [-0.2, 0) is 6.54 Å². The molecule has 1 unspecified atom stereocenters. The molecule has 0 aromatic heterocycles. The molecule has 1 rings (SSSR count). The summed E-state index contributed by atoms with van der Waals surface area (Å²) < 4.78 is 13.4. The van der Waals surface area contributed by atoms with Crippen molar-refractivity contribution in [2.45, 2.75) is 26.4 Å². The van der Waals surface area contributed by atoms with Crippen molar-refractivity contribution in [2.75, 3.05) is 13.6 Å². The molecule has 0 saturated carbocycles. The molecule has 1 atom stereocenters. The highest BCUT2D eigenvalue weighted by molar-refractivity contribution is 5.85. The zero-order valence-corrected chi connectivity index (χ0v) is 10.9. The molecule has 0 heterocycles. The Bertz CT molecular complexity index is 331. The lowest BCUT2D eigenvalue weighted by molar-refractivity contribution is 0.251. The van der Waals surface area contributed by atoms with Gasteiger partial charge in [-0.05, 0) is 27.0 Å². The number of hydrogen-bond donors (Lipinski definition) is 1. The van der Waals surface area contributed by atoms with Crippen molar-refractivity contribution in [3.8, 4) is 0 Å². The summed E-state index contributed by atoms with van der Waals surface area (Å²) in [7, 11) is 1.96. The van der Waals surface area contributed by atoms with E-state index in [1.54, 1.807) is 6.07 Å². The Hall–Kier alpha value is -0.640. The summed E-state index contributed by atoms with van der Waals surface area (Å²) in [6.07, 6.45) is 0. The molecule has 0 aliphatic rings. The van der Waals surface area contributed by atoms with E-state index in [0.717, 1.165) is 11.1 Å². The minimum atomic E-state index is -0.142. The van der Waals surface area contributed by atoms with Gasteiger partial charge in [0.2, 0.25) is 0 Å². The zero-order valence-electron chi connectivity index (χ0n) is 10.0. The first-order valence-corrected chi connectivity index (χ1v) is 5.20. The summed E-state index contributed by atoms with van der Waals surface area (Å²) in [6, 6.07) is 5.45. The molecule has 2 nitrogen and oxygen atoms in total. The Balaban J connectivity index is 0.00000225. The molecule has 0 spiro atoms. The first-order valence-electron chi connectivity index (χ1n) is 5.20. The van der Waals surface area contributed by atoms with Crippen LogP contribution in [0.3, 0.4) is 0 Å². The van der Waals surface area contributed by atoms with Crippen LogP contribution in [0.5, 0.6) is 0 Å². The number of nitrogens with zero attached hydrogens (tertiary/aromatic N) is 1. The first-order chi connectivity index (χ1) is 7.04. The predicted octanol–water partition coefficient (Wildman–Crippen LogP) is 2.33. The topological polar surface area (TPSA) is 29.3 Å². The maximum absolute atomic E-state index is 13.4. The van der Waals surface area contributed by atoms with Crippen molar-refractivity contribution in [1.29, 1.82) is 0 Å². The fourth-order valence-corrected chi connectivity index (χ4v) is 1.43. The molecular formula is C12H20ClFN2. The van der Waals surface area contributed by atoms with Gasteiger partial charge in [0, 0.05) is 24.7 Å². The molecule has 0 aliphatic carbocycles. The van der Waals surface area contributed by atoms with E-state index in [0.29, 0.717) is 13.1 Å². The smallest absolute Gasteiger partial charge is 0.127 e. The normalized spacial score (nSPS) is 12.4. The number of benzene rings is 1. The van der Waals surface area contributed by atoms with Gasteiger partial charge in [-0.3, -0.25) is 4.90 Å². The molecule has 2 N–H and O–H groups in total. The van der Waals surface area contributed by atoms with E-state index < -0.39 is 0 Å². The van der Waals surface area contributed by atoms with Gasteiger partial charge in [0.1, 0.15) is 5.82 Å². The monoisotopic (exact) mass is 246 g/mol. The molecule has 1 aromatic rings. The van der Waals surface area contributed by atoms with Crippen molar-refractivity contribution in [2.24, 2.45) is 5.73 Å². The van der Waals surface area contributed by atoms with Crippen LogP contribution in [0, 0.1) is 12.7 Å². The van der Waals surface area contributed by atoms with Gasteiger partial charge in [0.25, 0.3) is 0 Å². The maximum atomic E-state index is 13.4. The summed E-state index contributed by atoms with van der Waals surface area (Å²) in [5.74, 6) is -0.142. The zero-order chi connectivity index (χ0) is 11.4. The average Bonchev–Trinajstić information content (AvgIpc) is 2.22. The second kappa shape index (κ2) is 6.84. The Morgan fingerprint density at radius 3 is 2.62 bits per heavy atom. The lowest BCUT2D eigenvalue weighted by Crippen LogP contribution is -2.34. The summed E-state index contributed by atoms with van der Waals surface area (Å²) in [5, 5.41) is 0. The van der Waals surface area contributed by atoms with Gasteiger partial charge >= 0.3 is 0 Å². The standard InChI is InChI=1S/C12H19FN2.ClH/c1-9-4-5-12(13)11(6-9)8-15(3)10(2)7-14;/h4-6,10H,7-8,14H2,1-3H3;1H. The molecule has 16 heavy (non-hydrogen) atoms. The fraction of sp³-hybridized carbons (Fsp3) is 0.500. The SMILES string of the molecule is Cc1ccc(F)c(CN(C)C(C)CN)c1.Cl. The summed E-state index contributed by atoms with van der Waals surface area (Å²) in [5.41, 5.74) is 7.38. The maximum Gasteiger partial charge on any atom is 0.127 e. The third kappa shape index (κ3) is 4.08. The summed E-state index contributed by atoms with van der Waals surface area (Å²) in [6.45, 7) is 5.19. The predicted molar refractivity (Wildman–Crippen MR) is 68.4 cm³/mol. The number of nitrogens with two attached hydrogens (primary N) is 1. The second-order valence-electron chi connectivity index (χ2n) is 4.09. The lowest BCUT2D eigenvalue weighted by atomic mass is 10.1. The van der Waals surface area contributed by atoms with Gasteiger partial charge in [0.15, 0.2) is 0 Å². The Morgan fingerprint density at radius 2 is 2.06 bits per heavy atom. The van der Waals surface area contributed by atoms with E-state index in [9.17, 15) is 4.39 Å². The van der Waals surface area contributed by atoms with Crippen LogP contribution in [0.1, 0.15) is 18.1 Å². The van der Waals surface area contributed by atoms with E-state index in [1.807, 2.05) is 27.0 Å². The van der Waals surface area contributed by atoms with Crippen LogP contribution in [0.2, 0.25) is 0 Å².